The fourth-order valence-corrected chi connectivity index (χ4v) is 3.07. The molecule has 2 N–H and O–H groups in total. The minimum absolute atomic E-state index is 0.0491. The topological polar surface area (TPSA) is 59.2 Å². The molecular weight excluding hydrogens is 318 g/mol. The zero-order chi connectivity index (χ0) is 16.8. The highest BCUT2D eigenvalue weighted by Gasteiger charge is 2.16. The van der Waals surface area contributed by atoms with E-state index in [1.54, 1.807) is 0 Å². The average molecular weight is 337 g/mol. The van der Waals surface area contributed by atoms with Gasteiger partial charge < -0.3 is 10.6 Å². The molecule has 122 valence electrons. The van der Waals surface area contributed by atoms with E-state index < -0.39 is 0 Å². The Morgan fingerprint density at radius 1 is 0.958 bits per heavy atom. The summed E-state index contributed by atoms with van der Waals surface area (Å²) in [5.74, 6) is 0.0491. The second-order valence-electron chi connectivity index (χ2n) is 5.57. The van der Waals surface area contributed by atoms with Crippen molar-refractivity contribution in [1.82, 2.24) is 9.88 Å². The third-order valence-corrected chi connectivity index (χ3v) is 4.41. The van der Waals surface area contributed by atoms with Crippen LogP contribution < -0.4 is 5.73 Å². The first kappa shape index (κ1) is 16.2. The van der Waals surface area contributed by atoms with E-state index in [1.807, 2.05) is 70.9 Å². The van der Waals surface area contributed by atoms with Gasteiger partial charge >= 0.3 is 0 Å². The lowest BCUT2D eigenvalue weighted by Crippen LogP contribution is -2.31. The molecule has 3 aromatic rings. The van der Waals surface area contributed by atoms with E-state index in [2.05, 4.69) is 4.98 Å². The Bertz CT molecular complexity index is 745. The molecule has 1 heterocycles. The monoisotopic (exact) mass is 337 g/mol. The fourth-order valence-electron chi connectivity index (χ4n) is 2.51. The van der Waals surface area contributed by atoms with Crippen molar-refractivity contribution in [2.75, 3.05) is 5.73 Å². The molecule has 24 heavy (non-hydrogen) atoms. The molecule has 0 atom stereocenters. The number of thiazole rings is 1. The second-order valence-corrected chi connectivity index (χ2v) is 6.46. The number of anilines is 1. The minimum atomic E-state index is 0.0491. The van der Waals surface area contributed by atoms with E-state index in [0.717, 1.165) is 16.8 Å². The molecule has 4 nitrogen and oxygen atoms in total. The summed E-state index contributed by atoms with van der Waals surface area (Å²) < 4.78 is 0. The van der Waals surface area contributed by atoms with Crippen molar-refractivity contribution in [2.45, 2.75) is 19.5 Å². The smallest absolute Gasteiger partial charge is 0.229 e. The van der Waals surface area contributed by atoms with Gasteiger partial charge in [0.2, 0.25) is 5.91 Å². The molecule has 0 bridgehead atoms. The van der Waals surface area contributed by atoms with Crippen molar-refractivity contribution in [2.24, 2.45) is 0 Å². The number of rotatable bonds is 6. The number of aromatic nitrogens is 1. The van der Waals surface area contributed by atoms with E-state index in [-0.39, 0.29) is 12.3 Å². The normalized spacial score (nSPS) is 10.5. The SMILES string of the molecule is Nc1nc(CC(=O)N(Cc2ccccc2)Cc2ccccc2)cs1. The van der Waals surface area contributed by atoms with Crippen molar-refractivity contribution in [3.63, 3.8) is 0 Å². The molecular formula is C19H19N3OS. The first-order valence-corrected chi connectivity index (χ1v) is 8.64. The molecule has 2 aromatic carbocycles. The number of nitrogens with zero attached hydrogens (tertiary/aromatic N) is 2. The number of nitrogens with two attached hydrogens (primary N) is 1. The van der Waals surface area contributed by atoms with Crippen molar-refractivity contribution < 1.29 is 4.79 Å². The zero-order valence-corrected chi connectivity index (χ0v) is 14.1. The Balaban J connectivity index is 1.76. The fraction of sp³-hybridized carbons (Fsp3) is 0.158. The maximum absolute atomic E-state index is 12.8. The van der Waals surface area contributed by atoms with Crippen LogP contribution in [0.4, 0.5) is 5.13 Å². The van der Waals surface area contributed by atoms with Gasteiger partial charge in [0.15, 0.2) is 5.13 Å². The van der Waals surface area contributed by atoms with Gasteiger partial charge in [0, 0.05) is 18.5 Å². The number of carbonyl (C=O) groups is 1. The molecule has 1 amide bonds. The summed E-state index contributed by atoms with van der Waals surface area (Å²) in [5, 5.41) is 2.34. The molecule has 1 aromatic heterocycles. The van der Waals surface area contributed by atoms with Crippen LogP contribution >= 0.6 is 11.3 Å². The zero-order valence-electron chi connectivity index (χ0n) is 13.3. The van der Waals surface area contributed by atoms with E-state index in [1.165, 1.54) is 11.3 Å². The first-order valence-electron chi connectivity index (χ1n) is 7.76. The van der Waals surface area contributed by atoms with Gasteiger partial charge in [-0.15, -0.1) is 11.3 Å². The van der Waals surface area contributed by atoms with Crippen LogP contribution in [-0.2, 0) is 24.3 Å². The molecule has 0 radical (unpaired) electrons. The molecule has 0 saturated heterocycles. The molecule has 3 rings (SSSR count). The molecule has 0 fully saturated rings. The highest BCUT2D eigenvalue weighted by molar-refractivity contribution is 7.13. The van der Waals surface area contributed by atoms with Gasteiger partial charge in [-0.2, -0.15) is 0 Å². The van der Waals surface area contributed by atoms with Gasteiger partial charge in [0.25, 0.3) is 0 Å². The molecule has 0 saturated carbocycles. The van der Waals surface area contributed by atoms with Crippen molar-refractivity contribution in [1.29, 1.82) is 0 Å². The first-order chi connectivity index (χ1) is 11.7. The Kier molecular flexibility index (Phi) is 5.23. The van der Waals surface area contributed by atoms with Crippen LogP contribution in [0.15, 0.2) is 66.0 Å². The lowest BCUT2D eigenvalue weighted by atomic mass is 10.1. The van der Waals surface area contributed by atoms with E-state index in [0.29, 0.717) is 18.2 Å². The lowest BCUT2D eigenvalue weighted by Gasteiger charge is -2.23. The number of hydrogen-bond acceptors (Lipinski definition) is 4. The summed E-state index contributed by atoms with van der Waals surface area (Å²) in [4.78, 5) is 18.8. The van der Waals surface area contributed by atoms with Crippen LogP contribution in [0, 0.1) is 0 Å². The van der Waals surface area contributed by atoms with Crippen LogP contribution in [0.2, 0.25) is 0 Å². The number of hydrogen-bond donors (Lipinski definition) is 1. The van der Waals surface area contributed by atoms with Crippen LogP contribution in [0.5, 0.6) is 0 Å². The third-order valence-electron chi connectivity index (χ3n) is 3.69. The molecule has 0 unspecified atom stereocenters. The molecule has 5 heteroatoms. The van der Waals surface area contributed by atoms with Gasteiger partial charge in [0.05, 0.1) is 12.1 Å². The van der Waals surface area contributed by atoms with Crippen LogP contribution in [0.25, 0.3) is 0 Å². The highest BCUT2D eigenvalue weighted by Crippen LogP contribution is 2.15. The maximum Gasteiger partial charge on any atom is 0.229 e. The van der Waals surface area contributed by atoms with E-state index in [4.69, 9.17) is 5.73 Å². The Labute approximate surface area is 145 Å². The third kappa shape index (κ3) is 4.43. The van der Waals surface area contributed by atoms with Crippen molar-refractivity contribution in [3.8, 4) is 0 Å². The quantitative estimate of drug-likeness (QED) is 0.749. The summed E-state index contributed by atoms with van der Waals surface area (Å²) in [6.07, 6.45) is 0.271. The van der Waals surface area contributed by atoms with Gasteiger partial charge in [-0.05, 0) is 11.1 Å². The summed E-state index contributed by atoms with van der Waals surface area (Å²) in [7, 11) is 0. The Hall–Kier alpha value is -2.66. The molecule has 0 spiro atoms. The molecule has 0 aliphatic rings. The Morgan fingerprint density at radius 3 is 1.96 bits per heavy atom. The van der Waals surface area contributed by atoms with E-state index in [9.17, 15) is 4.79 Å². The van der Waals surface area contributed by atoms with Crippen molar-refractivity contribution in [3.05, 3.63) is 82.9 Å². The summed E-state index contributed by atoms with van der Waals surface area (Å²) in [5.41, 5.74) is 8.61. The minimum Gasteiger partial charge on any atom is -0.375 e. The van der Waals surface area contributed by atoms with Gasteiger partial charge in [-0.1, -0.05) is 60.7 Å². The standard InChI is InChI=1S/C19H19N3OS/c20-19-21-17(14-24-19)11-18(23)22(12-15-7-3-1-4-8-15)13-16-9-5-2-6-10-16/h1-10,14H,11-13H2,(H2,20,21). The molecule has 0 aliphatic heterocycles. The number of benzene rings is 2. The average Bonchev–Trinajstić information content (AvgIpc) is 3.01. The second kappa shape index (κ2) is 7.75. The number of nitrogen functional groups attached to an aromatic ring is 1. The number of carbonyl (C=O) groups excluding carboxylic acids is 1. The van der Waals surface area contributed by atoms with Gasteiger partial charge in [-0.25, -0.2) is 4.98 Å². The number of amides is 1. The largest absolute Gasteiger partial charge is 0.375 e. The summed E-state index contributed by atoms with van der Waals surface area (Å²) >= 11 is 1.36. The van der Waals surface area contributed by atoms with Crippen LogP contribution in [0.1, 0.15) is 16.8 Å². The molecule has 0 aliphatic carbocycles. The van der Waals surface area contributed by atoms with E-state index >= 15 is 0 Å². The maximum atomic E-state index is 12.8. The summed E-state index contributed by atoms with van der Waals surface area (Å²) in [6.45, 7) is 1.16. The van der Waals surface area contributed by atoms with Crippen LogP contribution in [0.3, 0.4) is 0 Å². The predicted molar refractivity (Wildman–Crippen MR) is 97.4 cm³/mol. The highest BCUT2D eigenvalue weighted by atomic mass is 32.1. The lowest BCUT2D eigenvalue weighted by molar-refractivity contribution is -0.131. The van der Waals surface area contributed by atoms with Crippen molar-refractivity contribution >= 4 is 22.4 Å². The van der Waals surface area contributed by atoms with Gasteiger partial charge in [0.1, 0.15) is 0 Å². The predicted octanol–water partition coefficient (Wildman–Crippen LogP) is 3.50. The van der Waals surface area contributed by atoms with Crippen LogP contribution in [-0.4, -0.2) is 15.8 Å². The summed E-state index contributed by atoms with van der Waals surface area (Å²) in [6, 6.07) is 20.0. The Morgan fingerprint density at radius 2 is 1.50 bits per heavy atom. The van der Waals surface area contributed by atoms with Gasteiger partial charge in [-0.3, -0.25) is 4.79 Å².